The molecule has 32 valence electrons. The summed E-state index contributed by atoms with van der Waals surface area (Å²) in [5.41, 5.74) is 0. The first-order chi connectivity index (χ1) is 1.73. The monoisotopic (exact) mass is 154 g/mol. The molecule has 0 heterocycles. The summed E-state index contributed by atoms with van der Waals surface area (Å²) < 4.78 is 0. The van der Waals surface area contributed by atoms with Crippen molar-refractivity contribution in [1.29, 1.82) is 0 Å². The zero-order valence-corrected chi connectivity index (χ0v) is 11.7. The first kappa shape index (κ1) is 22.4. The van der Waals surface area contributed by atoms with Crippen LogP contribution in [0.5, 0.6) is 0 Å². The van der Waals surface area contributed by atoms with Crippen molar-refractivity contribution < 1.29 is 108 Å². The Bertz CT molecular complexity index is 23.7. The molecule has 0 fully saturated rings. The van der Waals surface area contributed by atoms with Crippen molar-refractivity contribution in [2.75, 3.05) is 0 Å². The molecule has 0 aliphatic carbocycles. The summed E-state index contributed by atoms with van der Waals surface area (Å²) in [6.45, 7) is 0. The molecule has 3 nitrogen and oxygen atoms in total. The largest absolute Gasteiger partial charge is 1.00 e. The van der Waals surface area contributed by atoms with Crippen LogP contribution in [0.1, 0.15) is 4.28 Å². The Kier molecular flexibility index (Phi) is 51.8. The maximum absolute atomic E-state index is 7.23. The molecule has 0 unspecified atom stereocenters. The van der Waals surface area contributed by atoms with E-state index in [0.29, 0.717) is 0 Å². The van der Waals surface area contributed by atoms with Gasteiger partial charge in [0.15, 0.2) is 0 Å². The average molecular weight is 154 g/mol. The van der Waals surface area contributed by atoms with Crippen molar-refractivity contribution in [3.63, 3.8) is 0 Å². The average Bonchev–Trinajstić information content (AvgIpc) is 0.811. The van der Waals surface area contributed by atoms with Gasteiger partial charge in [0.2, 0.25) is 0 Å². The van der Waals surface area contributed by atoms with Crippen molar-refractivity contribution in [2.45, 2.75) is 0 Å². The van der Waals surface area contributed by atoms with Gasteiger partial charge in [0.1, 0.15) is 0 Å². The molecule has 7 heavy (non-hydrogen) atoms. The van der Waals surface area contributed by atoms with Gasteiger partial charge in [-0.3, -0.25) is 0 Å². The van der Waals surface area contributed by atoms with Crippen molar-refractivity contribution in [3.8, 4) is 0 Å². The van der Waals surface area contributed by atoms with Gasteiger partial charge < -0.3 is 19.0 Å². The molecular formula is H6Na3O3P. The van der Waals surface area contributed by atoms with E-state index in [1.807, 2.05) is 0 Å². The molecule has 0 aromatic heterocycles. The molecule has 0 aliphatic rings. The van der Waals surface area contributed by atoms with Crippen molar-refractivity contribution in [3.05, 3.63) is 0 Å². The van der Waals surface area contributed by atoms with E-state index in [1.165, 1.54) is 0 Å². The van der Waals surface area contributed by atoms with E-state index >= 15 is 0 Å². The Morgan fingerprint density at radius 2 is 0.857 bits per heavy atom. The molecule has 0 rings (SSSR count). The van der Waals surface area contributed by atoms with Crippen molar-refractivity contribution in [1.82, 2.24) is 0 Å². The number of hydrogen-bond acceptors (Lipinski definition) is 3. The van der Waals surface area contributed by atoms with Crippen LogP contribution in [-0.4, -0.2) is 14.7 Å². The van der Waals surface area contributed by atoms with Crippen LogP contribution >= 0.6 is 8.60 Å². The predicted octanol–water partition coefficient (Wildman–Crippen LogP) is -9.46. The van der Waals surface area contributed by atoms with Gasteiger partial charge in [-0.25, -0.2) is 0 Å². The van der Waals surface area contributed by atoms with E-state index < -0.39 is 8.60 Å². The first-order valence-corrected chi connectivity index (χ1v) is 1.80. The summed E-state index contributed by atoms with van der Waals surface area (Å²) in [4.78, 5) is 21.7. The minimum atomic E-state index is -2.62. The Morgan fingerprint density at radius 3 is 0.857 bits per heavy atom. The van der Waals surface area contributed by atoms with Crippen LogP contribution in [0.2, 0.25) is 0 Å². The molecule has 0 aromatic rings. The molecule has 7 heteroatoms. The fourth-order valence-electron chi connectivity index (χ4n) is 0. The fourth-order valence-corrected chi connectivity index (χ4v) is 0. The summed E-state index contributed by atoms with van der Waals surface area (Å²) in [7, 11) is -2.62. The second kappa shape index (κ2) is 16.1. The standard InChI is InChI=1S/3Na.H3O3P.3H/c;;;1-4(2)3;;;/h;;;1-3H;;;/q3*+1;;3*-1. The Labute approximate surface area is 114 Å². The summed E-state index contributed by atoms with van der Waals surface area (Å²) in [6, 6.07) is 0. The normalized spacial score (nSPS) is 5.14. The van der Waals surface area contributed by atoms with Gasteiger partial charge in [-0.15, -0.1) is 0 Å². The van der Waals surface area contributed by atoms with E-state index in [4.69, 9.17) is 14.7 Å². The summed E-state index contributed by atoms with van der Waals surface area (Å²) in [6.07, 6.45) is 0. The van der Waals surface area contributed by atoms with Gasteiger partial charge >= 0.3 is 97.3 Å². The molecule has 0 aliphatic heterocycles. The van der Waals surface area contributed by atoms with Gasteiger partial charge in [0.25, 0.3) is 0 Å². The molecule has 3 N–H and O–H groups in total. The second-order valence-electron chi connectivity index (χ2n) is 0.268. The smallest absolute Gasteiger partial charge is 1.00 e. The van der Waals surface area contributed by atoms with E-state index in [0.717, 1.165) is 0 Å². The number of hydrogen-bond donors (Lipinski definition) is 3. The zero-order valence-electron chi connectivity index (χ0n) is 7.79. The SMILES string of the molecule is OP(O)O.[H-].[H-].[H-].[Na+].[Na+].[Na+]. The first-order valence-electron chi connectivity index (χ1n) is 0.600. The van der Waals surface area contributed by atoms with Crippen LogP contribution in [0.4, 0.5) is 0 Å². The molecular weight excluding hydrogens is 148 g/mol. The van der Waals surface area contributed by atoms with Crippen LogP contribution in [0, 0.1) is 0 Å². The summed E-state index contributed by atoms with van der Waals surface area (Å²) in [5.74, 6) is 0. The molecule has 0 atom stereocenters. The third-order valence-electron chi connectivity index (χ3n) is 0. The fraction of sp³-hybridized carbons (Fsp3) is 0. The van der Waals surface area contributed by atoms with E-state index in [9.17, 15) is 0 Å². The summed E-state index contributed by atoms with van der Waals surface area (Å²) in [5, 5.41) is 0. The molecule has 0 aromatic carbocycles. The van der Waals surface area contributed by atoms with Crippen LogP contribution in [0.3, 0.4) is 0 Å². The third kappa shape index (κ3) is 45.4. The van der Waals surface area contributed by atoms with Gasteiger partial charge in [0.05, 0.1) is 0 Å². The quantitative estimate of drug-likeness (QED) is 0.240. The Balaban J connectivity index is -0.00000000300. The zero-order chi connectivity index (χ0) is 3.58. The summed E-state index contributed by atoms with van der Waals surface area (Å²) >= 11 is 0. The van der Waals surface area contributed by atoms with Crippen LogP contribution in [0.25, 0.3) is 0 Å². The minimum absolute atomic E-state index is 0. The predicted molar refractivity (Wildman–Crippen MR) is 16.9 cm³/mol. The van der Waals surface area contributed by atoms with Gasteiger partial charge in [0, 0.05) is 0 Å². The van der Waals surface area contributed by atoms with E-state index in [1.54, 1.807) is 0 Å². The van der Waals surface area contributed by atoms with Gasteiger partial charge in [-0.05, 0) is 0 Å². The Morgan fingerprint density at radius 1 is 0.857 bits per heavy atom. The van der Waals surface area contributed by atoms with E-state index in [2.05, 4.69) is 0 Å². The minimum Gasteiger partial charge on any atom is -1.00 e. The molecule has 0 amide bonds. The van der Waals surface area contributed by atoms with Gasteiger partial charge in [-0.2, -0.15) is 0 Å². The van der Waals surface area contributed by atoms with Crippen molar-refractivity contribution in [2.24, 2.45) is 0 Å². The molecule has 0 spiro atoms. The topological polar surface area (TPSA) is 60.7 Å². The Hall–Kier alpha value is 3.31. The second-order valence-corrected chi connectivity index (χ2v) is 0.805. The van der Waals surface area contributed by atoms with Crippen LogP contribution in [-0.2, 0) is 0 Å². The van der Waals surface area contributed by atoms with Crippen LogP contribution < -0.4 is 88.7 Å². The molecule has 0 saturated carbocycles. The maximum atomic E-state index is 7.23. The van der Waals surface area contributed by atoms with Gasteiger partial charge in [-0.1, -0.05) is 0 Å². The number of rotatable bonds is 0. The van der Waals surface area contributed by atoms with E-state index in [-0.39, 0.29) is 93.0 Å². The van der Waals surface area contributed by atoms with Crippen LogP contribution in [0.15, 0.2) is 0 Å². The molecule has 0 bridgehead atoms. The molecule has 0 saturated heterocycles. The van der Waals surface area contributed by atoms with Crippen molar-refractivity contribution >= 4 is 8.60 Å². The maximum Gasteiger partial charge on any atom is 1.00 e. The molecule has 0 radical (unpaired) electrons. The third-order valence-corrected chi connectivity index (χ3v) is 0.